The molecule has 2 atom stereocenters. The SMILES string of the molecule is CCOc1cc(F)ccc1NC(=O)[C@@H](N)[C@@H](C)CC. The van der Waals surface area contributed by atoms with Crippen molar-refractivity contribution >= 4 is 11.6 Å². The van der Waals surface area contributed by atoms with Crippen LogP contribution in [0.2, 0.25) is 0 Å². The van der Waals surface area contributed by atoms with Gasteiger partial charge in [0.2, 0.25) is 5.91 Å². The van der Waals surface area contributed by atoms with E-state index in [0.29, 0.717) is 18.0 Å². The fourth-order valence-corrected chi connectivity index (χ4v) is 1.60. The first-order valence-corrected chi connectivity index (χ1v) is 6.48. The molecule has 0 heterocycles. The highest BCUT2D eigenvalue weighted by atomic mass is 19.1. The minimum absolute atomic E-state index is 0.0796. The van der Waals surface area contributed by atoms with E-state index in [9.17, 15) is 9.18 Å². The van der Waals surface area contributed by atoms with E-state index in [1.807, 2.05) is 13.8 Å². The fourth-order valence-electron chi connectivity index (χ4n) is 1.60. The number of rotatable bonds is 6. The van der Waals surface area contributed by atoms with E-state index in [4.69, 9.17) is 10.5 Å². The summed E-state index contributed by atoms with van der Waals surface area (Å²) in [6.45, 7) is 6.07. The molecule has 0 aliphatic carbocycles. The first kappa shape index (κ1) is 15.4. The maximum atomic E-state index is 13.1. The van der Waals surface area contributed by atoms with E-state index in [-0.39, 0.29) is 11.8 Å². The maximum Gasteiger partial charge on any atom is 0.241 e. The summed E-state index contributed by atoms with van der Waals surface area (Å²) in [5.74, 6) is -0.308. The van der Waals surface area contributed by atoms with Gasteiger partial charge in [0.25, 0.3) is 0 Å². The van der Waals surface area contributed by atoms with E-state index < -0.39 is 11.9 Å². The molecule has 1 aromatic rings. The van der Waals surface area contributed by atoms with Crippen LogP contribution in [0.4, 0.5) is 10.1 Å². The molecule has 0 unspecified atom stereocenters. The third-order valence-corrected chi connectivity index (χ3v) is 3.06. The van der Waals surface area contributed by atoms with Crippen molar-refractivity contribution in [2.24, 2.45) is 11.7 Å². The number of hydrogen-bond donors (Lipinski definition) is 2. The highest BCUT2D eigenvalue weighted by molar-refractivity contribution is 5.96. The minimum Gasteiger partial charge on any atom is -0.492 e. The number of halogens is 1. The van der Waals surface area contributed by atoms with Crippen LogP contribution in [0.3, 0.4) is 0 Å². The number of ether oxygens (including phenoxy) is 1. The molecule has 0 fully saturated rings. The van der Waals surface area contributed by atoms with Gasteiger partial charge in [-0.15, -0.1) is 0 Å². The van der Waals surface area contributed by atoms with Gasteiger partial charge in [0.05, 0.1) is 18.3 Å². The van der Waals surface area contributed by atoms with Crippen LogP contribution in [-0.2, 0) is 4.79 Å². The molecule has 106 valence electrons. The van der Waals surface area contributed by atoms with Crippen LogP contribution in [0.5, 0.6) is 5.75 Å². The average Bonchev–Trinajstić information content (AvgIpc) is 2.40. The summed E-state index contributed by atoms with van der Waals surface area (Å²) in [5, 5.41) is 2.68. The molecule has 0 spiro atoms. The predicted molar refractivity (Wildman–Crippen MR) is 73.6 cm³/mol. The quantitative estimate of drug-likeness (QED) is 0.833. The molecule has 1 aromatic carbocycles. The summed E-state index contributed by atoms with van der Waals surface area (Å²) in [4.78, 5) is 12.0. The van der Waals surface area contributed by atoms with Crippen molar-refractivity contribution in [1.29, 1.82) is 0 Å². The lowest BCUT2D eigenvalue weighted by Gasteiger charge is -2.19. The van der Waals surface area contributed by atoms with Gasteiger partial charge in [-0.05, 0) is 25.0 Å². The highest BCUT2D eigenvalue weighted by Gasteiger charge is 2.20. The van der Waals surface area contributed by atoms with E-state index >= 15 is 0 Å². The van der Waals surface area contributed by atoms with Gasteiger partial charge < -0.3 is 15.8 Å². The highest BCUT2D eigenvalue weighted by Crippen LogP contribution is 2.25. The van der Waals surface area contributed by atoms with Crippen LogP contribution < -0.4 is 15.8 Å². The average molecular weight is 268 g/mol. The van der Waals surface area contributed by atoms with E-state index in [2.05, 4.69) is 5.32 Å². The number of carbonyl (C=O) groups excluding carboxylic acids is 1. The summed E-state index contributed by atoms with van der Waals surface area (Å²) in [5.41, 5.74) is 6.28. The normalized spacial score (nSPS) is 13.7. The minimum atomic E-state index is -0.593. The van der Waals surface area contributed by atoms with E-state index in [0.717, 1.165) is 6.42 Å². The molecule has 19 heavy (non-hydrogen) atoms. The Bertz CT molecular complexity index is 437. The Morgan fingerprint density at radius 1 is 1.47 bits per heavy atom. The summed E-state index contributed by atoms with van der Waals surface area (Å²) < 4.78 is 18.4. The standard InChI is InChI=1S/C14H21FN2O2/c1-4-9(3)13(16)14(18)17-11-7-6-10(15)8-12(11)19-5-2/h6-9,13H,4-5,16H2,1-3H3,(H,17,18)/t9-,13-/m0/s1. The first-order chi connectivity index (χ1) is 8.99. The van der Waals surface area contributed by atoms with Crippen LogP contribution in [0.25, 0.3) is 0 Å². The molecule has 0 aromatic heterocycles. The van der Waals surface area contributed by atoms with Gasteiger partial charge in [-0.3, -0.25) is 4.79 Å². The molecule has 1 amide bonds. The van der Waals surface area contributed by atoms with Crippen molar-refractivity contribution in [2.75, 3.05) is 11.9 Å². The molecule has 0 saturated carbocycles. The summed E-state index contributed by atoms with van der Waals surface area (Å²) in [6, 6.07) is 3.40. The van der Waals surface area contributed by atoms with E-state index in [1.54, 1.807) is 6.92 Å². The third kappa shape index (κ3) is 4.21. The first-order valence-electron chi connectivity index (χ1n) is 6.48. The Kier molecular flexibility index (Phi) is 5.76. The Balaban J connectivity index is 2.84. The van der Waals surface area contributed by atoms with Gasteiger partial charge in [-0.2, -0.15) is 0 Å². The number of nitrogens with one attached hydrogen (secondary N) is 1. The maximum absolute atomic E-state index is 13.1. The zero-order valence-electron chi connectivity index (χ0n) is 11.6. The lowest BCUT2D eigenvalue weighted by atomic mass is 9.99. The van der Waals surface area contributed by atoms with Crippen molar-refractivity contribution in [1.82, 2.24) is 0 Å². The van der Waals surface area contributed by atoms with Crippen molar-refractivity contribution in [3.05, 3.63) is 24.0 Å². The Morgan fingerprint density at radius 2 is 2.16 bits per heavy atom. The van der Waals surface area contributed by atoms with Gasteiger partial charge in [-0.25, -0.2) is 4.39 Å². The van der Waals surface area contributed by atoms with Crippen LogP contribution >= 0.6 is 0 Å². The van der Waals surface area contributed by atoms with Crippen molar-refractivity contribution < 1.29 is 13.9 Å². The van der Waals surface area contributed by atoms with Crippen LogP contribution in [0.15, 0.2) is 18.2 Å². The van der Waals surface area contributed by atoms with Gasteiger partial charge in [0.15, 0.2) is 0 Å². The number of nitrogens with two attached hydrogens (primary N) is 1. The van der Waals surface area contributed by atoms with Crippen molar-refractivity contribution in [3.63, 3.8) is 0 Å². The monoisotopic (exact) mass is 268 g/mol. The molecular weight excluding hydrogens is 247 g/mol. The lowest BCUT2D eigenvalue weighted by Crippen LogP contribution is -2.40. The Labute approximate surface area is 113 Å². The Morgan fingerprint density at radius 3 is 2.74 bits per heavy atom. The number of benzene rings is 1. The third-order valence-electron chi connectivity index (χ3n) is 3.06. The summed E-state index contributed by atoms with van der Waals surface area (Å²) in [6.07, 6.45) is 0.816. The zero-order chi connectivity index (χ0) is 14.4. The number of amides is 1. The summed E-state index contributed by atoms with van der Waals surface area (Å²) in [7, 11) is 0. The number of hydrogen-bond acceptors (Lipinski definition) is 3. The molecule has 0 bridgehead atoms. The Hall–Kier alpha value is -1.62. The van der Waals surface area contributed by atoms with Crippen molar-refractivity contribution in [3.8, 4) is 5.75 Å². The number of carbonyl (C=O) groups is 1. The molecule has 1 rings (SSSR count). The second-order valence-corrected chi connectivity index (χ2v) is 4.47. The number of anilines is 1. The van der Waals surface area contributed by atoms with Gasteiger partial charge in [0.1, 0.15) is 11.6 Å². The predicted octanol–water partition coefficient (Wildman–Crippen LogP) is 2.54. The molecule has 3 N–H and O–H groups in total. The molecular formula is C14H21FN2O2. The second kappa shape index (κ2) is 7.09. The van der Waals surface area contributed by atoms with Crippen LogP contribution in [0.1, 0.15) is 27.2 Å². The zero-order valence-corrected chi connectivity index (χ0v) is 11.6. The fraction of sp³-hybridized carbons (Fsp3) is 0.500. The van der Waals surface area contributed by atoms with Crippen LogP contribution in [-0.4, -0.2) is 18.6 Å². The van der Waals surface area contributed by atoms with Gasteiger partial charge >= 0.3 is 0 Å². The smallest absolute Gasteiger partial charge is 0.241 e. The topological polar surface area (TPSA) is 64.3 Å². The van der Waals surface area contributed by atoms with E-state index in [1.165, 1.54) is 18.2 Å². The molecule has 0 aliphatic rings. The largest absolute Gasteiger partial charge is 0.492 e. The lowest BCUT2D eigenvalue weighted by molar-refractivity contribution is -0.118. The molecule has 5 heteroatoms. The molecule has 0 saturated heterocycles. The van der Waals surface area contributed by atoms with Crippen molar-refractivity contribution in [2.45, 2.75) is 33.2 Å². The van der Waals surface area contributed by atoms with Crippen LogP contribution in [0, 0.1) is 11.7 Å². The molecule has 0 aliphatic heterocycles. The second-order valence-electron chi connectivity index (χ2n) is 4.47. The van der Waals surface area contributed by atoms with Gasteiger partial charge in [-0.1, -0.05) is 20.3 Å². The molecule has 0 radical (unpaired) electrons. The molecule has 4 nitrogen and oxygen atoms in total. The van der Waals surface area contributed by atoms with Gasteiger partial charge in [0, 0.05) is 6.07 Å². The summed E-state index contributed by atoms with van der Waals surface area (Å²) >= 11 is 0.